The second-order valence-corrected chi connectivity index (χ2v) is 21.8. The van der Waals surface area contributed by atoms with Gasteiger partial charge in [0, 0.05) is 0 Å². The molecule has 0 radical (unpaired) electrons. The predicted molar refractivity (Wildman–Crippen MR) is 186 cm³/mol. The molecule has 0 amide bonds. The number of benzene rings is 2. The van der Waals surface area contributed by atoms with Gasteiger partial charge in [0.15, 0.2) is 0 Å². The monoisotopic (exact) mass is 847 g/mol. The standard InChI is InChI=1S/C31H40As2N2O12S2/c1-30(2)24-20-22(32(36,37)38)12-14-26(24)34(16-8-18-48-47-46-42)28(30)10-6-5-7-11-29-31(3,4)25-21-23(33(39,40)41)13-15-27(25)35(29)17-9-19-49(43,44)45/h5-7,10-15,20-21H,8-9,16-19H2,1-4H3,(H5-,36,37,38,39,40,41,42,43,44,45)/p+1. The van der Waals surface area contributed by atoms with Gasteiger partial charge in [0.2, 0.25) is 0 Å². The molecular formula is C31H41As2N2O12S2+. The molecule has 2 aliphatic heterocycles. The molecule has 0 bridgehead atoms. The molecule has 0 aliphatic carbocycles. The Labute approximate surface area is 295 Å². The Balaban J connectivity index is 1.68. The molecule has 49 heavy (non-hydrogen) atoms. The molecule has 2 aromatic rings. The van der Waals surface area contributed by atoms with Crippen LogP contribution >= 0.6 is 12.0 Å². The summed E-state index contributed by atoms with van der Waals surface area (Å²) < 4.78 is 102. The molecule has 14 nitrogen and oxygen atoms in total. The van der Waals surface area contributed by atoms with Crippen LogP contribution in [0.3, 0.4) is 0 Å². The Morgan fingerprint density at radius 3 is 2.14 bits per heavy atom. The van der Waals surface area contributed by atoms with Crippen LogP contribution in [0.4, 0.5) is 11.4 Å². The number of hydrogen-bond acceptors (Lipinski definition) is 9. The van der Waals surface area contributed by atoms with Gasteiger partial charge < -0.3 is 0 Å². The molecule has 0 spiro atoms. The summed E-state index contributed by atoms with van der Waals surface area (Å²) in [5.41, 5.74) is 3.27. The van der Waals surface area contributed by atoms with E-state index in [1.54, 1.807) is 24.3 Å². The molecule has 0 aromatic heterocycles. The Hall–Kier alpha value is -2.17. The van der Waals surface area contributed by atoms with Crippen LogP contribution in [0.5, 0.6) is 0 Å². The van der Waals surface area contributed by atoms with Crippen molar-refractivity contribution in [3.8, 4) is 0 Å². The molecular weight excluding hydrogens is 806 g/mol. The number of nitrogens with zero attached hydrogens (tertiary/aromatic N) is 2. The summed E-state index contributed by atoms with van der Waals surface area (Å²) in [5.74, 6) is 0.0515. The van der Waals surface area contributed by atoms with Gasteiger partial charge >= 0.3 is 297 Å². The van der Waals surface area contributed by atoms with Crippen LogP contribution in [0.25, 0.3) is 0 Å². The fourth-order valence-electron chi connectivity index (χ4n) is 6.27. The van der Waals surface area contributed by atoms with Crippen LogP contribution < -0.4 is 13.6 Å². The van der Waals surface area contributed by atoms with E-state index in [1.807, 2.05) is 56.9 Å². The van der Waals surface area contributed by atoms with E-state index in [-0.39, 0.29) is 21.7 Å². The minimum atomic E-state index is -5.21. The predicted octanol–water partition coefficient (Wildman–Crippen LogP) is 1.72. The van der Waals surface area contributed by atoms with E-state index < -0.39 is 55.0 Å². The first-order valence-corrected chi connectivity index (χ1v) is 24.4. The quantitative estimate of drug-likeness (QED) is 0.0220. The Kier molecular flexibility index (Phi) is 12.3. The SMILES string of the molecule is CC1(C)C(/C=C/C=C/C=C2\N(CCCS(=O)(=O)O)c3ccc([As](=O)(O)O)cc3C2(C)C)=[N+](CCCSOOO)c2ccc([As](=O)(O)O)cc21. The van der Waals surface area contributed by atoms with Gasteiger partial charge in [0.1, 0.15) is 0 Å². The zero-order valence-corrected chi connectivity index (χ0v) is 32.7. The molecule has 268 valence electrons. The molecule has 0 unspecified atom stereocenters. The number of fused-ring (bicyclic) bond motifs is 2. The van der Waals surface area contributed by atoms with Gasteiger partial charge in [0.05, 0.1) is 0 Å². The third-order valence-electron chi connectivity index (χ3n) is 8.63. The number of anilines is 1. The molecule has 6 N–H and O–H groups in total. The topological polar surface area (TPSA) is 214 Å². The average Bonchev–Trinajstić information content (AvgIpc) is 3.33. The summed E-state index contributed by atoms with van der Waals surface area (Å²) >= 11 is -9.44. The first kappa shape index (κ1) is 39.6. The van der Waals surface area contributed by atoms with Crippen LogP contribution in [-0.2, 0) is 37.8 Å². The Bertz CT molecular complexity index is 1910. The van der Waals surface area contributed by atoms with Crippen molar-refractivity contribution in [2.75, 3.05) is 29.5 Å². The van der Waals surface area contributed by atoms with E-state index in [4.69, 9.17) is 5.26 Å². The van der Waals surface area contributed by atoms with E-state index >= 15 is 0 Å². The Morgan fingerprint density at radius 2 is 1.53 bits per heavy atom. The summed E-state index contributed by atoms with van der Waals surface area (Å²) in [6, 6.07) is 9.23. The van der Waals surface area contributed by atoms with Crippen molar-refractivity contribution in [1.29, 1.82) is 0 Å². The number of allylic oxidation sites excluding steroid dienone is 6. The molecule has 18 heteroatoms. The second kappa shape index (κ2) is 15.2. The fraction of sp³-hybridized carbons (Fsp3) is 0.387. The van der Waals surface area contributed by atoms with E-state index in [9.17, 15) is 36.8 Å². The van der Waals surface area contributed by atoms with Gasteiger partial charge in [-0.2, -0.15) is 0 Å². The van der Waals surface area contributed by atoms with E-state index in [0.29, 0.717) is 30.0 Å². The van der Waals surface area contributed by atoms with Gasteiger partial charge in [-0.25, -0.2) is 0 Å². The van der Waals surface area contributed by atoms with Crippen LogP contribution in [0, 0.1) is 0 Å². The van der Waals surface area contributed by atoms with Gasteiger partial charge in [0.25, 0.3) is 0 Å². The van der Waals surface area contributed by atoms with E-state index in [2.05, 4.69) is 13.9 Å². The Morgan fingerprint density at radius 1 is 0.898 bits per heavy atom. The van der Waals surface area contributed by atoms with Crippen LogP contribution in [0.15, 0.2) is 72.5 Å². The van der Waals surface area contributed by atoms with Gasteiger partial charge in [-0.1, -0.05) is 0 Å². The summed E-state index contributed by atoms with van der Waals surface area (Å²) in [5, 5.41) is 12.1. The van der Waals surface area contributed by atoms with E-state index in [1.165, 1.54) is 18.2 Å². The molecule has 0 saturated carbocycles. The molecule has 0 fully saturated rings. The van der Waals surface area contributed by atoms with Crippen molar-refractivity contribution in [2.45, 2.75) is 51.4 Å². The average molecular weight is 848 g/mol. The summed E-state index contributed by atoms with van der Waals surface area (Å²) in [4.78, 5) is 1.89. The van der Waals surface area contributed by atoms with Gasteiger partial charge in [-0.3, -0.25) is 0 Å². The molecule has 2 heterocycles. The molecule has 2 aromatic carbocycles. The van der Waals surface area contributed by atoms with Crippen molar-refractivity contribution in [3.63, 3.8) is 0 Å². The first-order chi connectivity index (χ1) is 22.7. The molecule has 0 atom stereocenters. The zero-order chi connectivity index (χ0) is 36.4. The van der Waals surface area contributed by atoms with Crippen molar-refractivity contribution in [1.82, 2.24) is 0 Å². The third kappa shape index (κ3) is 9.20. The van der Waals surface area contributed by atoms with Crippen LogP contribution in [-0.4, -0.2) is 97.8 Å². The maximum atomic E-state index is 12.1. The van der Waals surface area contributed by atoms with Crippen LogP contribution in [0.1, 0.15) is 51.7 Å². The molecule has 4 rings (SSSR count). The molecule has 0 saturated heterocycles. The second-order valence-electron chi connectivity index (χ2n) is 12.7. The maximum absolute atomic E-state index is 12.1. The summed E-state index contributed by atoms with van der Waals surface area (Å²) in [6.45, 7) is 8.54. The molecule has 2 aliphatic rings. The summed E-state index contributed by atoms with van der Waals surface area (Å²) in [7, 11) is -4.19. The van der Waals surface area contributed by atoms with Gasteiger partial charge in [-0.15, -0.1) is 0 Å². The summed E-state index contributed by atoms with van der Waals surface area (Å²) in [6.07, 6.45) is 9.97. The number of hydrogen-bond donors (Lipinski definition) is 6. The van der Waals surface area contributed by atoms with Crippen LogP contribution in [0.2, 0.25) is 0 Å². The third-order valence-corrected chi connectivity index (χ3v) is 14.0. The first-order valence-electron chi connectivity index (χ1n) is 15.1. The van der Waals surface area contributed by atoms with Crippen molar-refractivity contribution < 1.29 is 56.0 Å². The van der Waals surface area contributed by atoms with Crippen molar-refractivity contribution in [2.24, 2.45) is 0 Å². The number of rotatable bonds is 15. The minimum absolute atomic E-state index is 0.0130. The van der Waals surface area contributed by atoms with E-state index in [0.717, 1.165) is 34.7 Å². The van der Waals surface area contributed by atoms with Crippen molar-refractivity contribution in [3.05, 3.63) is 83.6 Å². The fourth-order valence-corrected chi connectivity index (χ4v) is 9.50. The zero-order valence-electron chi connectivity index (χ0n) is 27.3. The normalized spacial score (nSPS) is 18.3. The van der Waals surface area contributed by atoms with Gasteiger partial charge in [-0.05, 0) is 0 Å². The van der Waals surface area contributed by atoms with Crippen molar-refractivity contribution >= 4 is 76.3 Å².